The van der Waals surface area contributed by atoms with Gasteiger partial charge in [0.05, 0.1) is 11.8 Å². The number of rotatable bonds is 6. The minimum Gasteiger partial charge on any atom is -0.481 e. The van der Waals surface area contributed by atoms with Crippen molar-refractivity contribution in [1.29, 1.82) is 0 Å². The quantitative estimate of drug-likeness (QED) is 0.811. The molecule has 1 aliphatic rings. The van der Waals surface area contributed by atoms with Crippen LogP contribution in [0.2, 0.25) is 0 Å². The van der Waals surface area contributed by atoms with Crippen molar-refractivity contribution in [2.24, 2.45) is 5.41 Å². The van der Waals surface area contributed by atoms with Crippen molar-refractivity contribution in [3.63, 3.8) is 0 Å². The summed E-state index contributed by atoms with van der Waals surface area (Å²) in [5, 5.41) is 12.0. The maximum absolute atomic E-state index is 12.2. The molecule has 0 spiro atoms. The lowest BCUT2D eigenvalue weighted by Crippen LogP contribution is -2.46. The highest BCUT2D eigenvalue weighted by molar-refractivity contribution is 5.80. The summed E-state index contributed by atoms with van der Waals surface area (Å²) in [4.78, 5) is 23.5. The van der Waals surface area contributed by atoms with Crippen molar-refractivity contribution in [2.75, 3.05) is 19.8 Å². The van der Waals surface area contributed by atoms with E-state index in [1.54, 1.807) is 0 Å². The molecule has 1 aromatic rings. The number of carboxylic acid groups (broad SMARTS) is 1. The molecule has 1 amide bonds. The van der Waals surface area contributed by atoms with Crippen LogP contribution >= 0.6 is 0 Å². The van der Waals surface area contributed by atoms with Crippen LogP contribution < -0.4 is 10.1 Å². The zero-order valence-electron chi connectivity index (χ0n) is 13.3. The standard InChI is InChI=1S/C16H18F3NO5/c17-16(18,19)25-12-3-1-2-11(8-12)9-13(21)20-10-15(14(22)23)4-6-24-7-5-15/h1-3,8H,4-7,9-10H2,(H,20,21)(H,22,23). The van der Waals surface area contributed by atoms with Gasteiger partial charge in [-0.2, -0.15) is 0 Å². The molecule has 1 saturated heterocycles. The van der Waals surface area contributed by atoms with Crippen LogP contribution in [0.15, 0.2) is 24.3 Å². The summed E-state index contributed by atoms with van der Waals surface area (Å²) < 4.78 is 45.6. The Morgan fingerprint density at radius 3 is 2.56 bits per heavy atom. The fourth-order valence-electron chi connectivity index (χ4n) is 2.60. The van der Waals surface area contributed by atoms with Crippen molar-refractivity contribution >= 4 is 11.9 Å². The summed E-state index contributed by atoms with van der Waals surface area (Å²) in [6.45, 7) is 0.557. The summed E-state index contributed by atoms with van der Waals surface area (Å²) >= 11 is 0. The molecular formula is C16H18F3NO5. The van der Waals surface area contributed by atoms with Crippen molar-refractivity contribution in [1.82, 2.24) is 5.32 Å². The predicted molar refractivity (Wildman–Crippen MR) is 80.0 cm³/mol. The van der Waals surface area contributed by atoms with Crippen LogP contribution in [-0.2, 0) is 20.7 Å². The molecule has 0 atom stereocenters. The first-order valence-electron chi connectivity index (χ1n) is 7.63. The molecule has 0 aromatic heterocycles. The summed E-state index contributed by atoms with van der Waals surface area (Å²) in [6.07, 6.45) is -4.41. The first kappa shape index (κ1) is 19.0. The van der Waals surface area contributed by atoms with Crippen LogP contribution in [0.4, 0.5) is 13.2 Å². The lowest BCUT2D eigenvalue weighted by Gasteiger charge is -2.33. The summed E-state index contributed by atoms with van der Waals surface area (Å²) in [7, 11) is 0. The van der Waals surface area contributed by atoms with Gasteiger partial charge >= 0.3 is 12.3 Å². The van der Waals surface area contributed by atoms with E-state index in [9.17, 15) is 27.9 Å². The Hall–Kier alpha value is -2.29. The molecule has 6 nitrogen and oxygen atoms in total. The van der Waals surface area contributed by atoms with Crippen molar-refractivity contribution in [2.45, 2.75) is 25.6 Å². The van der Waals surface area contributed by atoms with Crippen LogP contribution in [0, 0.1) is 5.41 Å². The molecule has 0 saturated carbocycles. The number of carbonyl (C=O) groups excluding carboxylic acids is 1. The van der Waals surface area contributed by atoms with Crippen LogP contribution in [0.1, 0.15) is 18.4 Å². The van der Waals surface area contributed by atoms with E-state index < -0.39 is 29.4 Å². The maximum Gasteiger partial charge on any atom is 0.573 e. The average Bonchev–Trinajstić information content (AvgIpc) is 2.52. The molecule has 25 heavy (non-hydrogen) atoms. The second-order valence-corrected chi connectivity index (χ2v) is 5.85. The van der Waals surface area contributed by atoms with E-state index in [4.69, 9.17) is 4.74 Å². The highest BCUT2D eigenvalue weighted by Crippen LogP contribution is 2.30. The number of halogens is 3. The number of hydrogen-bond acceptors (Lipinski definition) is 4. The lowest BCUT2D eigenvalue weighted by molar-refractivity contribution is -0.274. The molecule has 0 radical (unpaired) electrons. The maximum atomic E-state index is 12.2. The Balaban J connectivity index is 1.93. The third-order valence-electron chi connectivity index (χ3n) is 4.02. The summed E-state index contributed by atoms with van der Waals surface area (Å²) in [6, 6.07) is 5.09. The molecule has 1 heterocycles. The smallest absolute Gasteiger partial charge is 0.481 e. The molecule has 0 unspecified atom stereocenters. The van der Waals surface area contributed by atoms with Crippen molar-refractivity contribution < 1.29 is 37.3 Å². The van der Waals surface area contributed by atoms with Crippen LogP contribution in [0.3, 0.4) is 0 Å². The Bertz CT molecular complexity index is 626. The minimum atomic E-state index is -4.81. The van der Waals surface area contributed by atoms with E-state index >= 15 is 0 Å². The van der Waals surface area contributed by atoms with Crippen LogP contribution in [0.5, 0.6) is 5.75 Å². The third-order valence-corrected chi connectivity index (χ3v) is 4.02. The number of benzene rings is 1. The number of hydrogen-bond donors (Lipinski definition) is 2. The van der Waals surface area contributed by atoms with E-state index in [2.05, 4.69) is 10.1 Å². The Kier molecular flexibility index (Phi) is 5.89. The molecular weight excluding hydrogens is 343 g/mol. The number of ether oxygens (including phenoxy) is 2. The Labute approximate surface area is 141 Å². The van der Waals surface area contributed by atoms with Crippen LogP contribution in [0.25, 0.3) is 0 Å². The molecule has 2 rings (SSSR count). The number of carbonyl (C=O) groups is 2. The zero-order chi connectivity index (χ0) is 18.5. The number of alkyl halides is 3. The highest BCUT2D eigenvalue weighted by atomic mass is 19.4. The van der Waals surface area contributed by atoms with Gasteiger partial charge in [0.2, 0.25) is 5.91 Å². The number of carboxylic acids is 1. The first-order chi connectivity index (χ1) is 11.7. The fourth-order valence-corrected chi connectivity index (χ4v) is 2.60. The molecule has 1 aromatic carbocycles. The van der Waals surface area contributed by atoms with Gasteiger partial charge in [-0.15, -0.1) is 13.2 Å². The van der Waals surface area contributed by atoms with Gasteiger partial charge in [-0.3, -0.25) is 9.59 Å². The minimum absolute atomic E-state index is 0.0523. The van der Waals surface area contributed by atoms with E-state index in [1.807, 2.05) is 0 Å². The molecule has 0 aliphatic carbocycles. The summed E-state index contributed by atoms with van der Waals surface area (Å²) in [5.74, 6) is -1.89. The van der Waals surface area contributed by atoms with E-state index in [1.165, 1.54) is 12.1 Å². The predicted octanol–water partition coefficient (Wildman–Crippen LogP) is 2.13. The van der Waals surface area contributed by atoms with Crippen molar-refractivity contribution in [3.05, 3.63) is 29.8 Å². The van der Waals surface area contributed by atoms with Gasteiger partial charge in [0.1, 0.15) is 5.75 Å². The fraction of sp³-hybridized carbons (Fsp3) is 0.500. The van der Waals surface area contributed by atoms with E-state index in [0.717, 1.165) is 12.1 Å². The normalized spacial score (nSPS) is 16.9. The zero-order valence-corrected chi connectivity index (χ0v) is 13.3. The Morgan fingerprint density at radius 1 is 1.28 bits per heavy atom. The van der Waals surface area contributed by atoms with Gasteiger partial charge in [0.15, 0.2) is 0 Å². The SMILES string of the molecule is O=C(Cc1cccc(OC(F)(F)F)c1)NCC1(C(=O)O)CCOCC1. The first-order valence-corrected chi connectivity index (χ1v) is 7.63. The lowest BCUT2D eigenvalue weighted by atomic mass is 9.80. The second kappa shape index (κ2) is 7.73. The third kappa shape index (κ3) is 5.63. The molecule has 9 heteroatoms. The van der Waals surface area contributed by atoms with Crippen LogP contribution in [-0.4, -0.2) is 43.1 Å². The van der Waals surface area contributed by atoms with Gasteiger partial charge in [0.25, 0.3) is 0 Å². The van der Waals surface area contributed by atoms with Gasteiger partial charge in [-0.25, -0.2) is 0 Å². The molecule has 1 fully saturated rings. The van der Waals surface area contributed by atoms with Gasteiger partial charge in [0, 0.05) is 19.8 Å². The summed E-state index contributed by atoms with van der Waals surface area (Å²) in [5.41, 5.74) is -0.745. The molecule has 2 N–H and O–H groups in total. The largest absolute Gasteiger partial charge is 0.573 e. The van der Waals surface area contributed by atoms with E-state index in [0.29, 0.717) is 18.8 Å². The Morgan fingerprint density at radius 2 is 1.96 bits per heavy atom. The number of amides is 1. The number of nitrogens with one attached hydrogen (secondary N) is 1. The molecule has 138 valence electrons. The van der Waals surface area contributed by atoms with E-state index in [-0.39, 0.29) is 25.8 Å². The van der Waals surface area contributed by atoms with Gasteiger partial charge in [-0.1, -0.05) is 12.1 Å². The van der Waals surface area contributed by atoms with Crippen molar-refractivity contribution in [3.8, 4) is 5.75 Å². The molecule has 0 bridgehead atoms. The second-order valence-electron chi connectivity index (χ2n) is 5.85. The van der Waals surface area contributed by atoms with Gasteiger partial charge < -0.3 is 19.9 Å². The highest BCUT2D eigenvalue weighted by Gasteiger charge is 2.40. The monoisotopic (exact) mass is 361 g/mol. The van der Waals surface area contributed by atoms with Gasteiger partial charge in [-0.05, 0) is 30.5 Å². The number of aliphatic carboxylic acids is 1. The molecule has 1 aliphatic heterocycles. The topological polar surface area (TPSA) is 84.9 Å². The average molecular weight is 361 g/mol.